The Labute approximate surface area is 89.6 Å². The highest BCUT2D eigenvalue weighted by molar-refractivity contribution is 7.88. The fourth-order valence-electron chi connectivity index (χ4n) is 2.01. The van der Waals surface area contributed by atoms with E-state index < -0.39 is 10.0 Å². The van der Waals surface area contributed by atoms with Gasteiger partial charge in [-0.25, -0.2) is 13.4 Å². The van der Waals surface area contributed by atoms with Crippen molar-refractivity contribution in [3.63, 3.8) is 0 Å². The Bertz CT molecular complexity index is 452. The first-order chi connectivity index (χ1) is 6.98. The molecule has 1 aliphatic rings. The number of H-pyrrole nitrogens is 1. The Morgan fingerprint density at radius 3 is 2.87 bits per heavy atom. The maximum Gasteiger partial charge on any atom is 0.211 e. The Balaban J connectivity index is 2.30. The predicted octanol–water partition coefficient (Wildman–Crippen LogP) is 0.815. The minimum absolute atomic E-state index is 0.103. The average molecular weight is 229 g/mol. The van der Waals surface area contributed by atoms with Crippen LogP contribution < -0.4 is 0 Å². The predicted molar refractivity (Wildman–Crippen MR) is 56.8 cm³/mol. The molecule has 5 nitrogen and oxygen atoms in total. The fourth-order valence-corrected chi connectivity index (χ4v) is 3.14. The van der Waals surface area contributed by atoms with Crippen LogP contribution in [-0.2, 0) is 10.0 Å². The van der Waals surface area contributed by atoms with Crippen LogP contribution in [0.5, 0.6) is 0 Å². The van der Waals surface area contributed by atoms with Gasteiger partial charge in [0.25, 0.3) is 0 Å². The van der Waals surface area contributed by atoms with Gasteiger partial charge in [0.1, 0.15) is 5.82 Å². The van der Waals surface area contributed by atoms with E-state index in [2.05, 4.69) is 9.97 Å². The number of aryl methyl sites for hydroxylation is 1. The molecule has 0 radical (unpaired) electrons. The van der Waals surface area contributed by atoms with Gasteiger partial charge in [0.15, 0.2) is 0 Å². The summed E-state index contributed by atoms with van der Waals surface area (Å²) in [6, 6.07) is -0.103. The molecule has 1 atom stereocenters. The molecule has 2 rings (SSSR count). The molecule has 0 aromatic carbocycles. The zero-order valence-electron chi connectivity index (χ0n) is 8.90. The van der Waals surface area contributed by atoms with E-state index in [0.717, 1.165) is 24.4 Å². The highest BCUT2D eigenvalue weighted by atomic mass is 32.2. The molecule has 1 N–H and O–H groups in total. The third-order valence-corrected chi connectivity index (χ3v) is 3.96. The van der Waals surface area contributed by atoms with Gasteiger partial charge in [0.2, 0.25) is 10.0 Å². The summed E-state index contributed by atoms with van der Waals surface area (Å²) in [6.45, 7) is 2.51. The van der Waals surface area contributed by atoms with Crippen LogP contribution in [0.25, 0.3) is 0 Å². The number of aromatic nitrogens is 2. The standard InChI is InChI=1S/C9H15N3O2S/c1-7-6-10-9(11-7)8-4-3-5-12(8)15(2,13)14/h6,8H,3-5H2,1-2H3,(H,10,11)/t8-/m0/s1. The molecule has 0 bridgehead atoms. The summed E-state index contributed by atoms with van der Waals surface area (Å²) in [4.78, 5) is 7.30. The SMILES string of the molecule is Cc1cnc([C@@H]2CCCN2S(C)(=O)=O)[nH]1. The largest absolute Gasteiger partial charge is 0.345 e. The lowest BCUT2D eigenvalue weighted by Gasteiger charge is -2.19. The van der Waals surface area contributed by atoms with Gasteiger partial charge in [-0.05, 0) is 19.8 Å². The second-order valence-corrected chi connectivity index (χ2v) is 5.92. The summed E-state index contributed by atoms with van der Waals surface area (Å²) < 4.78 is 24.5. The second kappa shape index (κ2) is 3.61. The third-order valence-electron chi connectivity index (χ3n) is 2.67. The van der Waals surface area contributed by atoms with Gasteiger partial charge in [0, 0.05) is 18.4 Å². The monoisotopic (exact) mass is 229 g/mol. The van der Waals surface area contributed by atoms with Gasteiger partial charge in [-0.3, -0.25) is 0 Å². The average Bonchev–Trinajstić information content (AvgIpc) is 2.68. The van der Waals surface area contributed by atoms with Gasteiger partial charge in [-0.1, -0.05) is 0 Å². The van der Waals surface area contributed by atoms with Crippen molar-refractivity contribution in [2.45, 2.75) is 25.8 Å². The van der Waals surface area contributed by atoms with Crippen molar-refractivity contribution in [3.8, 4) is 0 Å². The fraction of sp³-hybridized carbons (Fsp3) is 0.667. The lowest BCUT2D eigenvalue weighted by Crippen LogP contribution is -2.30. The van der Waals surface area contributed by atoms with Crippen LogP contribution in [0.3, 0.4) is 0 Å². The number of hydrogen-bond donors (Lipinski definition) is 1. The van der Waals surface area contributed by atoms with Gasteiger partial charge in [-0.15, -0.1) is 0 Å². The number of aromatic amines is 1. The molecule has 2 heterocycles. The molecule has 84 valence electrons. The van der Waals surface area contributed by atoms with Crippen molar-refractivity contribution in [3.05, 3.63) is 17.7 Å². The van der Waals surface area contributed by atoms with Crippen molar-refractivity contribution in [1.29, 1.82) is 0 Å². The number of nitrogens with zero attached hydrogens (tertiary/aromatic N) is 2. The summed E-state index contributed by atoms with van der Waals surface area (Å²) in [5.74, 6) is 0.760. The Kier molecular flexibility index (Phi) is 2.56. The lowest BCUT2D eigenvalue weighted by molar-refractivity contribution is 0.388. The highest BCUT2D eigenvalue weighted by Gasteiger charge is 2.34. The summed E-state index contributed by atoms with van der Waals surface area (Å²) >= 11 is 0. The van der Waals surface area contributed by atoms with E-state index in [1.807, 2.05) is 6.92 Å². The van der Waals surface area contributed by atoms with Crippen LogP contribution in [0.15, 0.2) is 6.20 Å². The number of sulfonamides is 1. The first-order valence-electron chi connectivity index (χ1n) is 4.97. The summed E-state index contributed by atoms with van der Waals surface area (Å²) in [6.07, 6.45) is 4.73. The van der Waals surface area contributed by atoms with E-state index in [4.69, 9.17) is 0 Å². The molecular weight excluding hydrogens is 214 g/mol. The Morgan fingerprint density at radius 2 is 2.33 bits per heavy atom. The van der Waals surface area contributed by atoms with E-state index in [1.165, 1.54) is 10.6 Å². The Morgan fingerprint density at radius 1 is 1.60 bits per heavy atom. The molecule has 0 aliphatic carbocycles. The molecule has 1 aliphatic heterocycles. The molecule has 0 spiro atoms. The van der Waals surface area contributed by atoms with Crippen LogP contribution in [0.2, 0.25) is 0 Å². The maximum absolute atomic E-state index is 11.5. The normalized spacial score (nSPS) is 23.5. The number of hydrogen-bond acceptors (Lipinski definition) is 3. The summed E-state index contributed by atoms with van der Waals surface area (Å²) in [5, 5.41) is 0. The number of nitrogens with one attached hydrogen (secondary N) is 1. The molecule has 0 unspecified atom stereocenters. The molecule has 6 heteroatoms. The van der Waals surface area contributed by atoms with Crippen molar-refractivity contribution in [2.75, 3.05) is 12.8 Å². The van der Waals surface area contributed by atoms with Gasteiger partial charge < -0.3 is 4.98 Å². The van der Waals surface area contributed by atoms with Gasteiger partial charge in [0.05, 0.1) is 12.3 Å². The van der Waals surface area contributed by atoms with E-state index in [1.54, 1.807) is 6.20 Å². The summed E-state index contributed by atoms with van der Waals surface area (Å²) in [5.41, 5.74) is 0.963. The van der Waals surface area contributed by atoms with E-state index >= 15 is 0 Å². The van der Waals surface area contributed by atoms with E-state index in [0.29, 0.717) is 6.54 Å². The highest BCUT2D eigenvalue weighted by Crippen LogP contribution is 2.31. The minimum Gasteiger partial charge on any atom is -0.345 e. The molecular formula is C9H15N3O2S. The van der Waals surface area contributed by atoms with Crippen LogP contribution in [-0.4, -0.2) is 35.5 Å². The Hall–Kier alpha value is -0.880. The number of imidazole rings is 1. The van der Waals surface area contributed by atoms with E-state index in [-0.39, 0.29) is 6.04 Å². The van der Waals surface area contributed by atoms with Gasteiger partial charge in [-0.2, -0.15) is 4.31 Å². The second-order valence-electron chi connectivity index (χ2n) is 3.98. The van der Waals surface area contributed by atoms with Crippen LogP contribution in [0, 0.1) is 6.92 Å². The first kappa shape index (κ1) is 10.6. The zero-order chi connectivity index (χ0) is 11.1. The third kappa shape index (κ3) is 2.05. The topological polar surface area (TPSA) is 66.1 Å². The molecule has 1 fully saturated rings. The molecule has 1 saturated heterocycles. The van der Waals surface area contributed by atoms with Crippen LogP contribution in [0.1, 0.15) is 30.4 Å². The van der Waals surface area contributed by atoms with Gasteiger partial charge >= 0.3 is 0 Å². The summed E-state index contributed by atoms with van der Waals surface area (Å²) in [7, 11) is -3.12. The van der Waals surface area contributed by atoms with Crippen LogP contribution >= 0.6 is 0 Å². The van der Waals surface area contributed by atoms with Crippen molar-refractivity contribution in [2.24, 2.45) is 0 Å². The molecule has 1 aromatic rings. The minimum atomic E-state index is -3.12. The molecule has 0 amide bonds. The molecule has 0 saturated carbocycles. The first-order valence-corrected chi connectivity index (χ1v) is 6.81. The lowest BCUT2D eigenvalue weighted by atomic mass is 10.2. The van der Waals surface area contributed by atoms with E-state index in [9.17, 15) is 8.42 Å². The van der Waals surface area contributed by atoms with Crippen molar-refractivity contribution >= 4 is 10.0 Å². The maximum atomic E-state index is 11.5. The molecule has 1 aromatic heterocycles. The quantitative estimate of drug-likeness (QED) is 0.816. The van der Waals surface area contributed by atoms with Crippen molar-refractivity contribution < 1.29 is 8.42 Å². The zero-order valence-corrected chi connectivity index (χ0v) is 9.71. The molecule has 15 heavy (non-hydrogen) atoms. The number of rotatable bonds is 2. The smallest absolute Gasteiger partial charge is 0.211 e. The van der Waals surface area contributed by atoms with Crippen molar-refractivity contribution in [1.82, 2.24) is 14.3 Å². The van der Waals surface area contributed by atoms with Crippen LogP contribution in [0.4, 0.5) is 0 Å².